The molecule has 0 aromatic heterocycles. The summed E-state index contributed by atoms with van der Waals surface area (Å²) in [5.74, 6) is 1.20. The van der Waals surface area contributed by atoms with Crippen LogP contribution in [-0.4, -0.2) is 25.3 Å². The summed E-state index contributed by atoms with van der Waals surface area (Å²) in [5.41, 5.74) is 3.19. The van der Waals surface area contributed by atoms with Crippen molar-refractivity contribution < 1.29 is 14.3 Å². The molecule has 0 bridgehead atoms. The lowest BCUT2D eigenvalue weighted by Crippen LogP contribution is -2.12. The van der Waals surface area contributed by atoms with Gasteiger partial charge in [0, 0.05) is 6.92 Å². The number of rotatable bonds is 7. The number of carbonyl (C=O) groups excluding carboxylic acids is 1. The lowest BCUT2D eigenvalue weighted by Gasteiger charge is -2.11. The van der Waals surface area contributed by atoms with E-state index in [4.69, 9.17) is 9.47 Å². The van der Waals surface area contributed by atoms with E-state index in [1.54, 1.807) is 6.21 Å². The molecule has 1 N–H and O–H groups in total. The summed E-state index contributed by atoms with van der Waals surface area (Å²) in [5, 5.41) is 3.81. The number of hydrogen-bond donors (Lipinski definition) is 1. The minimum absolute atomic E-state index is 0.204. The highest BCUT2D eigenvalue weighted by molar-refractivity contribution is 5.82. The van der Waals surface area contributed by atoms with Crippen LogP contribution in [0.15, 0.2) is 23.3 Å². The highest BCUT2D eigenvalue weighted by Gasteiger charge is 2.05. The molecule has 1 rings (SSSR count). The van der Waals surface area contributed by atoms with Gasteiger partial charge >= 0.3 is 0 Å². The molecule has 0 atom stereocenters. The van der Waals surface area contributed by atoms with Crippen LogP contribution in [-0.2, 0) is 4.79 Å². The van der Waals surface area contributed by atoms with Gasteiger partial charge in [-0.2, -0.15) is 5.10 Å². The Labute approximate surface area is 113 Å². The smallest absolute Gasteiger partial charge is 0.236 e. The van der Waals surface area contributed by atoms with Crippen molar-refractivity contribution in [1.82, 2.24) is 5.43 Å². The van der Waals surface area contributed by atoms with Gasteiger partial charge in [0.25, 0.3) is 0 Å². The summed E-state index contributed by atoms with van der Waals surface area (Å²) in [6.07, 6.45) is 2.50. The fraction of sp³-hybridized carbons (Fsp3) is 0.429. The van der Waals surface area contributed by atoms with Crippen LogP contribution in [0.25, 0.3) is 0 Å². The first-order valence-corrected chi connectivity index (χ1v) is 6.36. The molecule has 0 aliphatic heterocycles. The second kappa shape index (κ2) is 8.13. The maximum absolute atomic E-state index is 10.7. The van der Waals surface area contributed by atoms with Crippen molar-refractivity contribution in [3.05, 3.63) is 23.8 Å². The fourth-order valence-electron chi connectivity index (χ4n) is 1.40. The van der Waals surface area contributed by atoms with E-state index in [2.05, 4.69) is 17.5 Å². The average molecular weight is 264 g/mol. The lowest BCUT2D eigenvalue weighted by atomic mass is 10.2. The molecule has 5 heteroatoms. The zero-order valence-corrected chi connectivity index (χ0v) is 11.6. The number of ether oxygens (including phenoxy) is 2. The highest BCUT2D eigenvalue weighted by Crippen LogP contribution is 2.28. The van der Waals surface area contributed by atoms with Crippen LogP contribution in [0.2, 0.25) is 0 Å². The molecule has 0 saturated carbocycles. The maximum Gasteiger partial charge on any atom is 0.236 e. The Morgan fingerprint density at radius 2 is 2.11 bits per heavy atom. The third-order valence-electron chi connectivity index (χ3n) is 2.16. The van der Waals surface area contributed by atoms with Gasteiger partial charge in [-0.15, -0.1) is 0 Å². The third kappa shape index (κ3) is 5.42. The van der Waals surface area contributed by atoms with Gasteiger partial charge < -0.3 is 9.47 Å². The second-order valence-corrected chi connectivity index (χ2v) is 3.91. The summed E-state index contributed by atoms with van der Waals surface area (Å²) in [7, 11) is 0. The van der Waals surface area contributed by atoms with Crippen LogP contribution >= 0.6 is 0 Å². The van der Waals surface area contributed by atoms with Crippen molar-refractivity contribution in [1.29, 1.82) is 0 Å². The van der Waals surface area contributed by atoms with Gasteiger partial charge in [-0.05, 0) is 37.1 Å². The maximum atomic E-state index is 10.7. The Bertz CT molecular complexity index is 444. The van der Waals surface area contributed by atoms with E-state index >= 15 is 0 Å². The fourth-order valence-corrected chi connectivity index (χ4v) is 1.40. The Kier molecular flexibility index (Phi) is 6.43. The van der Waals surface area contributed by atoms with E-state index in [0.29, 0.717) is 19.0 Å². The van der Waals surface area contributed by atoms with E-state index < -0.39 is 0 Å². The highest BCUT2D eigenvalue weighted by atomic mass is 16.5. The molecule has 0 saturated heterocycles. The van der Waals surface area contributed by atoms with E-state index in [1.807, 2.05) is 25.1 Å². The Hall–Kier alpha value is -2.04. The first-order valence-electron chi connectivity index (χ1n) is 6.36. The number of carbonyl (C=O) groups is 1. The van der Waals surface area contributed by atoms with E-state index in [1.165, 1.54) is 6.92 Å². The molecule has 1 aromatic rings. The van der Waals surface area contributed by atoms with Crippen molar-refractivity contribution in [2.45, 2.75) is 27.2 Å². The topological polar surface area (TPSA) is 59.9 Å². The summed E-state index contributed by atoms with van der Waals surface area (Å²) in [4.78, 5) is 10.7. The molecule has 0 aliphatic rings. The predicted molar refractivity (Wildman–Crippen MR) is 74.8 cm³/mol. The van der Waals surface area contributed by atoms with Crippen molar-refractivity contribution in [2.75, 3.05) is 13.2 Å². The Morgan fingerprint density at radius 3 is 2.74 bits per heavy atom. The summed E-state index contributed by atoms with van der Waals surface area (Å²) >= 11 is 0. The molecular formula is C14H20N2O3. The quantitative estimate of drug-likeness (QED) is 0.607. The molecule has 0 radical (unpaired) electrons. The third-order valence-corrected chi connectivity index (χ3v) is 2.16. The zero-order chi connectivity index (χ0) is 14.1. The van der Waals surface area contributed by atoms with Gasteiger partial charge in [0.15, 0.2) is 11.5 Å². The average Bonchev–Trinajstić information content (AvgIpc) is 2.38. The van der Waals surface area contributed by atoms with Crippen molar-refractivity contribution in [3.8, 4) is 11.5 Å². The van der Waals surface area contributed by atoms with Crippen molar-refractivity contribution >= 4 is 12.1 Å². The van der Waals surface area contributed by atoms with Gasteiger partial charge in [-0.25, -0.2) is 5.43 Å². The summed E-state index contributed by atoms with van der Waals surface area (Å²) < 4.78 is 11.1. The zero-order valence-electron chi connectivity index (χ0n) is 11.6. The molecule has 0 fully saturated rings. The minimum atomic E-state index is -0.204. The molecule has 0 heterocycles. The van der Waals surface area contributed by atoms with Crippen LogP contribution in [0.4, 0.5) is 0 Å². The summed E-state index contributed by atoms with van der Waals surface area (Å²) in [6.45, 7) is 6.59. The van der Waals surface area contributed by atoms with Crippen molar-refractivity contribution in [2.24, 2.45) is 5.10 Å². The minimum Gasteiger partial charge on any atom is -0.490 e. The molecule has 0 spiro atoms. The number of nitrogens with one attached hydrogen (secondary N) is 1. The predicted octanol–water partition coefficient (Wildman–Crippen LogP) is 2.34. The monoisotopic (exact) mass is 264 g/mol. The lowest BCUT2D eigenvalue weighted by molar-refractivity contribution is -0.118. The molecule has 1 aromatic carbocycles. The van der Waals surface area contributed by atoms with Crippen LogP contribution in [0, 0.1) is 0 Å². The molecule has 19 heavy (non-hydrogen) atoms. The molecule has 5 nitrogen and oxygen atoms in total. The van der Waals surface area contributed by atoms with Crippen LogP contribution in [0.5, 0.6) is 11.5 Å². The Morgan fingerprint density at radius 1 is 1.32 bits per heavy atom. The second-order valence-electron chi connectivity index (χ2n) is 3.91. The van der Waals surface area contributed by atoms with Gasteiger partial charge in [0.2, 0.25) is 5.91 Å². The number of hydrogen-bond acceptors (Lipinski definition) is 4. The largest absolute Gasteiger partial charge is 0.490 e. The number of benzene rings is 1. The standard InChI is InChI=1S/C14H20N2O3/c1-4-8-19-13-7-6-12(9-14(13)18-5-2)10-15-16-11(3)17/h6-7,9-10H,4-5,8H2,1-3H3,(H,16,17)/b15-10-. The van der Waals surface area contributed by atoms with Gasteiger partial charge in [-0.1, -0.05) is 6.92 Å². The first-order chi connectivity index (χ1) is 9.17. The normalized spacial score (nSPS) is 10.5. The van der Waals surface area contributed by atoms with Crippen LogP contribution < -0.4 is 14.9 Å². The number of nitrogens with zero attached hydrogens (tertiary/aromatic N) is 1. The number of amides is 1. The Balaban J connectivity index is 2.82. The van der Waals surface area contributed by atoms with Crippen LogP contribution in [0.1, 0.15) is 32.8 Å². The molecule has 104 valence electrons. The summed E-state index contributed by atoms with van der Waals surface area (Å²) in [6, 6.07) is 5.54. The van der Waals surface area contributed by atoms with Gasteiger partial charge in [0.05, 0.1) is 19.4 Å². The SMILES string of the molecule is CCCOc1ccc(/C=N\NC(C)=O)cc1OCC. The molecular weight excluding hydrogens is 244 g/mol. The van der Waals surface area contributed by atoms with Crippen LogP contribution in [0.3, 0.4) is 0 Å². The molecule has 1 amide bonds. The van der Waals surface area contributed by atoms with E-state index in [0.717, 1.165) is 17.7 Å². The molecule has 0 aliphatic carbocycles. The van der Waals surface area contributed by atoms with Gasteiger partial charge in [0.1, 0.15) is 0 Å². The van der Waals surface area contributed by atoms with E-state index in [9.17, 15) is 4.79 Å². The van der Waals surface area contributed by atoms with E-state index in [-0.39, 0.29) is 5.91 Å². The van der Waals surface area contributed by atoms with Crippen molar-refractivity contribution in [3.63, 3.8) is 0 Å². The molecule has 0 unspecified atom stereocenters. The number of hydrazone groups is 1. The van der Waals surface area contributed by atoms with Gasteiger partial charge in [-0.3, -0.25) is 4.79 Å². The first kappa shape index (κ1) is 15.0.